The molecule has 0 aliphatic carbocycles. The summed E-state index contributed by atoms with van der Waals surface area (Å²) in [4.78, 5) is 1.37. The number of nitrogens with two attached hydrogens (primary N) is 1. The molecule has 0 saturated heterocycles. The van der Waals surface area contributed by atoms with Crippen LogP contribution in [0.15, 0.2) is 35.7 Å². The molecule has 2 aromatic rings. The lowest BCUT2D eigenvalue weighted by atomic mass is 9.83. The minimum Gasteiger partial charge on any atom is -0.494 e. The van der Waals surface area contributed by atoms with Crippen LogP contribution in [0.3, 0.4) is 0 Å². The minimum absolute atomic E-state index is 0.127. The second kappa shape index (κ2) is 7.30. The summed E-state index contributed by atoms with van der Waals surface area (Å²) in [7, 11) is 0. The van der Waals surface area contributed by atoms with Crippen molar-refractivity contribution >= 4 is 11.3 Å². The third kappa shape index (κ3) is 4.11. The highest BCUT2D eigenvalue weighted by molar-refractivity contribution is 7.09. The molecule has 2 N–H and O–H groups in total. The third-order valence-electron chi connectivity index (χ3n) is 3.93. The number of rotatable bonds is 6. The largest absolute Gasteiger partial charge is 0.494 e. The summed E-state index contributed by atoms with van der Waals surface area (Å²) in [5.41, 5.74) is 8.79. The Balaban J connectivity index is 2.39. The van der Waals surface area contributed by atoms with Crippen LogP contribution in [0.1, 0.15) is 49.6 Å². The fraction of sp³-hybridized carbons (Fsp3) is 0.474. The summed E-state index contributed by atoms with van der Waals surface area (Å²) in [6.07, 6.45) is 0.974. The number of ether oxygens (including phenoxy) is 1. The zero-order valence-corrected chi connectivity index (χ0v) is 14.9. The first kappa shape index (κ1) is 17.0. The molecule has 2 rings (SSSR count). The molecule has 0 aliphatic rings. The summed E-state index contributed by atoms with van der Waals surface area (Å²) < 4.78 is 5.85. The first-order valence-corrected chi connectivity index (χ1v) is 8.83. The lowest BCUT2D eigenvalue weighted by Gasteiger charge is -2.24. The summed E-state index contributed by atoms with van der Waals surface area (Å²) in [6.45, 7) is 10.1. The van der Waals surface area contributed by atoms with Crippen LogP contribution in [0.25, 0.3) is 0 Å². The van der Waals surface area contributed by atoms with Gasteiger partial charge in [-0.25, -0.2) is 0 Å². The van der Waals surface area contributed by atoms with Crippen molar-refractivity contribution in [1.82, 2.24) is 0 Å². The smallest absolute Gasteiger partial charge is 0.122 e. The highest BCUT2D eigenvalue weighted by Crippen LogP contribution is 2.34. The van der Waals surface area contributed by atoms with Gasteiger partial charge < -0.3 is 10.5 Å². The summed E-state index contributed by atoms with van der Waals surface area (Å²) in [6, 6.07) is 10.9. The molecule has 0 radical (unpaired) electrons. The Morgan fingerprint density at radius 1 is 1.23 bits per heavy atom. The third-order valence-corrected chi connectivity index (χ3v) is 4.83. The van der Waals surface area contributed by atoms with Crippen molar-refractivity contribution in [3.8, 4) is 5.75 Å². The van der Waals surface area contributed by atoms with E-state index in [1.54, 1.807) is 11.3 Å². The maximum absolute atomic E-state index is 6.09. The zero-order chi connectivity index (χ0) is 16.2. The molecule has 1 aromatic carbocycles. The van der Waals surface area contributed by atoms with Crippen molar-refractivity contribution in [2.45, 2.75) is 45.4 Å². The first-order chi connectivity index (χ1) is 10.5. The molecule has 2 nitrogen and oxygen atoms in total. The zero-order valence-electron chi connectivity index (χ0n) is 14.1. The van der Waals surface area contributed by atoms with E-state index in [1.807, 2.05) is 6.92 Å². The SMILES string of the molecule is CCOc1ccc(C(C)(C)C)cc1C(CN)Cc1cccs1. The number of thiophene rings is 1. The average molecular weight is 317 g/mol. The van der Waals surface area contributed by atoms with Gasteiger partial charge in [0.1, 0.15) is 5.75 Å². The Morgan fingerprint density at radius 2 is 2.00 bits per heavy atom. The highest BCUT2D eigenvalue weighted by Gasteiger charge is 2.21. The second-order valence-corrected chi connectivity index (χ2v) is 7.68. The number of hydrogen-bond donors (Lipinski definition) is 1. The molecule has 0 spiro atoms. The van der Waals surface area contributed by atoms with Crippen LogP contribution in [0, 0.1) is 0 Å². The quantitative estimate of drug-likeness (QED) is 0.836. The lowest BCUT2D eigenvalue weighted by Crippen LogP contribution is -2.18. The van der Waals surface area contributed by atoms with E-state index >= 15 is 0 Å². The Labute approximate surface area is 138 Å². The molecule has 0 bridgehead atoms. The molecule has 3 heteroatoms. The van der Waals surface area contributed by atoms with E-state index in [4.69, 9.17) is 10.5 Å². The van der Waals surface area contributed by atoms with E-state index in [0.717, 1.165) is 12.2 Å². The van der Waals surface area contributed by atoms with E-state index in [0.29, 0.717) is 19.1 Å². The average Bonchev–Trinajstić information content (AvgIpc) is 2.97. The van der Waals surface area contributed by atoms with E-state index < -0.39 is 0 Å². The van der Waals surface area contributed by atoms with Gasteiger partial charge in [-0.2, -0.15) is 0 Å². The number of benzene rings is 1. The van der Waals surface area contributed by atoms with Crippen molar-refractivity contribution in [3.63, 3.8) is 0 Å². The van der Waals surface area contributed by atoms with Crippen LogP contribution in [0.2, 0.25) is 0 Å². The monoisotopic (exact) mass is 317 g/mol. The van der Waals surface area contributed by atoms with Gasteiger partial charge in [-0.1, -0.05) is 39.0 Å². The molecule has 0 amide bonds. The molecule has 1 aromatic heterocycles. The van der Waals surface area contributed by atoms with Gasteiger partial charge in [0.15, 0.2) is 0 Å². The fourth-order valence-electron chi connectivity index (χ4n) is 2.61. The van der Waals surface area contributed by atoms with Gasteiger partial charge >= 0.3 is 0 Å². The van der Waals surface area contributed by atoms with Crippen molar-refractivity contribution in [2.75, 3.05) is 13.2 Å². The fourth-order valence-corrected chi connectivity index (χ4v) is 3.40. The Bertz CT molecular complexity index is 584. The predicted molar refractivity (Wildman–Crippen MR) is 96.1 cm³/mol. The standard InChI is InChI=1S/C19H27NOS/c1-5-21-18-9-8-15(19(2,3)4)12-17(18)14(13-20)11-16-7-6-10-22-16/h6-10,12,14H,5,11,13,20H2,1-4H3. The summed E-state index contributed by atoms with van der Waals surface area (Å²) in [5.74, 6) is 1.27. The second-order valence-electron chi connectivity index (χ2n) is 6.65. The van der Waals surface area contributed by atoms with E-state index in [2.05, 4.69) is 56.5 Å². The van der Waals surface area contributed by atoms with Crippen LogP contribution < -0.4 is 10.5 Å². The van der Waals surface area contributed by atoms with Crippen molar-refractivity contribution in [2.24, 2.45) is 5.73 Å². The maximum atomic E-state index is 6.09. The lowest BCUT2D eigenvalue weighted by molar-refractivity contribution is 0.333. The van der Waals surface area contributed by atoms with Crippen LogP contribution in [0.4, 0.5) is 0 Å². The Morgan fingerprint density at radius 3 is 2.55 bits per heavy atom. The van der Waals surface area contributed by atoms with Crippen molar-refractivity contribution in [3.05, 3.63) is 51.7 Å². The normalized spacial score (nSPS) is 13.1. The van der Waals surface area contributed by atoms with Gasteiger partial charge in [-0.3, -0.25) is 0 Å². The predicted octanol–water partition coefficient (Wildman–Crippen LogP) is 4.73. The van der Waals surface area contributed by atoms with Crippen LogP contribution in [-0.2, 0) is 11.8 Å². The highest BCUT2D eigenvalue weighted by atomic mass is 32.1. The van der Waals surface area contributed by atoms with Crippen LogP contribution in [0.5, 0.6) is 5.75 Å². The first-order valence-electron chi connectivity index (χ1n) is 7.95. The van der Waals surface area contributed by atoms with E-state index in [1.165, 1.54) is 16.0 Å². The topological polar surface area (TPSA) is 35.2 Å². The molecular weight excluding hydrogens is 290 g/mol. The van der Waals surface area contributed by atoms with Crippen molar-refractivity contribution < 1.29 is 4.74 Å². The molecule has 1 heterocycles. The maximum Gasteiger partial charge on any atom is 0.122 e. The van der Waals surface area contributed by atoms with Gasteiger partial charge in [-0.05, 0) is 53.9 Å². The molecule has 0 aliphatic heterocycles. The van der Waals surface area contributed by atoms with Gasteiger partial charge in [0, 0.05) is 10.8 Å². The van der Waals surface area contributed by atoms with Crippen LogP contribution in [-0.4, -0.2) is 13.2 Å². The Kier molecular flexibility index (Phi) is 5.65. The summed E-state index contributed by atoms with van der Waals surface area (Å²) in [5, 5.41) is 2.12. The van der Waals surface area contributed by atoms with Gasteiger partial charge in [0.2, 0.25) is 0 Å². The minimum atomic E-state index is 0.127. The molecular formula is C19H27NOS. The van der Waals surface area contributed by atoms with Gasteiger partial charge in [0.25, 0.3) is 0 Å². The van der Waals surface area contributed by atoms with E-state index in [9.17, 15) is 0 Å². The van der Waals surface area contributed by atoms with Crippen LogP contribution >= 0.6 is 11.3 Å². The summed E-state index contributed by atoms with van der Waals surface area (Å²) >= 11 is 1.79. The van der Waals surface area contributed by atoms with Crippen molar-refractivity contribution in [1.29, 1.82) is 0 Å². The van der Waals surface area contributed by atoms with Gasteiger partial charge in [-0.15, -0.1) is 11.3 Å². The molecule has 1 unspecified atom stereocenters. The Hall–Kier alpha value is -1.32. The molecule has 0 saturated carbocycles. The molecule has 120 valence electrons. The van der Waals surface area contributed by atoms with Gasteiger partial charge in [0.05, 0.1) is 6.61 Å². The number of hydrogen-bond acceptors (Lipinski definition) is 3. The molecule has 0 fully saturated rings. The van der Waals surface area contributed by atoms with E-state index in [-0.39, 0.29) is 5.41 Å². The molecule has 1 atom stereocenters. The molecule has 22 heavy (non-hydrogen) atoms.